The van der Waals surface area contributed by atoms with Gasteiger partial charge in [0.1, 0.15) is 0 Å². The molecule has 1 aromatic rings. The minimum absolute atomic E-state index is 0.431. The van der Waals surface area contributed by atoms with Gasteiger partial charge in [0.2, 0.25) is 0 Å². The summed E-state index contributed by atoms with van der Waals surface area (Å²) in [6, 6.07) is 5.17. The lowest BCUT2D eigenvalue weighted by Gasteiger charge is -2.52. The fraction of sp³-hybridized carbons (Fsp3) is 0.692. The van der Waals surface area contributed by atoms with Gasteiger partial charge in [-0.15, -0.1) is 11.3 Å². The second-order valence-electron chi connectivity index (χ2n) is 5.13. The minimum Gasteiger partial charge on any atom is -0.313 e. The molecule has 0 aromatic carbocycles. The van der Waals surface area contributed by atoms with Gasteiger partial charge in [0.15, 0.2) is 0 Å². The van der Waals surface area contributed by atoms with Crippen molar-refractivity contribution < 1.29 is 0 Å². The third-order valence-corrected chi connectivity index (χ3v) is 4.78. The van der Waals surface area contributed by atoms with Crippen molar-refractivity contribution >= 4 is 11.3 Å². The highest BCUT2D eigenvalue weighted by molar-refractivity contribution is 7.10. The predicted molar refractivity (Wildman–Crippen MR) is 67.5 cm³/mol. The van der Waals surface area contributed by atoms with Crippen LogP contribution in [0, 0.1) is 5.41 Å². The first-order chi connectivity index (χ1) is 7.16. The molecule has 2 unspecified atom stereocenters. The molecule has 0 bridgehead atoms. The lowest BCUT2D eigenvalue weighted by atomic mass is 9.58. The Balaban J connectivity index is 1.97. The largest absolute Gasteiger partial charge is 0.313 e. The molecule has 1 saturated carbocycles. The number of hydrogen-bond donors (Lipinski definition) is 1. The molecular weight excluding hydrogens is 202 g/mol. The predicted octanol–water partition coefficient (Wildman–Crippen LogP) is 3.63. The van der Waals surface area contributed by atoms with E-state index in [1.54, 1.807) is 4.88 Å². The zero-order valence-corrected chi connectivity index (χ0v) is 10.7. The summed E-state index contributed by atoms with van der Waals surface area (Å²) in [5.74, 6) is 0.770. The second kappa shape index (κ2) is 4.26. The molecule has 1 aromatic heterocycles. The molecule has 1 heterocycles. The fourth-order valence-electron chi connectivity index (χ4n) is 2.56. The van der Waals surface area contributed by atoms with Crippen LogP contribution in [0.25, 0.3) is 0 Å². The van der Waals surface area contributed by atoms with Gasteiger partial charge in [0.05, 0.1) is 0 Å². The van der Waals surface area contributed by atoms with Crippen LogP contribution in [0.1, 0.15) is 44.4 Å². The Morgan fingerprint density at radius 3 is 2.87 bits per heavy atom. The number of rotatable bonds is 4. The minimum atomic E-state index is 0.431. The highest BCUT2D eigenvalue weighted by atomic mass is 32.1. The second-order valence-corrected chi connectivity index (χ2v) is 6.11. The summed E-state index contributed by atoms with van der Waals surface area (Å²) in [6.07, 6.45) is 2.55. The van der Waals surface area contributed by atoms with E-state index < -0.39 is 0 Å². The van der Waals surface area contributed by atoms with Crippen LogP contribution in [0.4, 0.5) is 0 Å². The van der Waals surface area contributed by atoms with Crippen LogP contribution in [0.2, 0.25) is 0 Å². The topological polar surface area (TPSA) is 12.0 Å². The molecule has 2 atom stereocenters. The monoisotopic (exact) mass is 223 g/mol. The molecule has 2 rings (SSSR count). The molecule has 2 heteroatoms. The van der Waals surface area contributed by atoms with Crippen LogP contribution in [0.15, 0.2) is 17.5 Å². The van der Waals surface area contributed by atoms with Crippen LogP contribution in [0.5, 0.6) is 0 Å². The van der Waals surface area contributed by atoms with Crippen molar-refractivity contribution in [3.63, 3.8) is 0 Å². The van der Waals surface area contributed by atoms with Gasteiger partial charge < -0.3 is 5.32 Å². The Kier molecular flexibility index (Phi) is 3.17. The SMILES string of the molecule is CCCNC1CC(c2cccs2)C1(C)C. The summed E-state index contributed by atoms with van der Waals surface area (Å²) >= 11 is 1.91. The molecule has 0 spiro atoms. The van der Waals surface area contributed by atoms with E-state index in [0.717, 1.165) is 12.5 Å². The summed E-state index contributed by atoms with van der Waals surface area (Å²) in [6.45, 7) is 8.18. The molecule has 1 aliphatic rings. The van der Waals surface area contributed by atoms with Gasteiger partial charge in [-0.05, 0) is 36.2 Å². The number of nitrogens with one attached hydrogen (secondary N) is 1. The van der Waals surface area contributed by atoms with Crippen molar-refractivity contribution in [2.75, 3.05) is 6.54 Å². The van der Waals surface area contributed by atoms with Crippen LogP contribution in [-0.2, 0) is 0 Å². The Labute approximate surface area is 96.9 Å². The average molecular weight is 223 g/mol. The van der Waals surface area contributed by atoms with Gasteiger partial charge >= 0.3 is 0 Å². The van der Waals surface area contributed by atoms with Crippen LogP contribution >= 0.6 is 11.3 Å². The maximum absolute atomic E-state index is 3.66. The first-order valence-corrected chi connectivity index (χ1v) is 6.81. The van der Waals surface area contributed by atoms with Gasteiger partial charge in [0, 0.05) is 16.8 Å². The molecule has 1 nitrogen and oxygen atoms in total. The fourth-order valence-corrected chi connectivity index (χ4v) is 3.60. The molecular formula is C13H21NS. The van der Waals surface area contributed by atoms with Crippen LogP contribution in [-0.4, -0.2) is 12.6 Å². The molecule has 15 heavy (non-hydrogen) atoms. The molecule has 84 valence electrons. The van der Waals surface area contributed by atoms with Gasteiger partial charge in [-0.25, -0.2) is 0 Å². The maximum atomic E-state index is 3.66. The lowest BCUT2D eigenvalue weighted by molar-refractivity contribution is 0.0716. The van der Waals surface area contributed by atoms with E-state index in [-0.39, 0.29) is 0 Å². The van der Waals surface area contributed by atoms with Crippen molar-refractivity contribution in [1.82, 2.24) is 5.32 Å². The zero-order chi connectivity index (χ0) is 10.9. The molecule has 0 amide bonds. The Morgan fingerprint density at radius 1 is 1.53 bits per heavy atom. The third kappa shape index (κ3) is 1.98. The average Bonchev–Trinajstić information content (AvgIpc) is 2.69. The van der Waals surface area contributed by atoms with E-state index in [4.69, 9.17) is 0 Å². The first-order valence-electron chi connectivity index (χ1n) is 5.93. The van der Waals surface area contributed by atoms with Gasteiger partial charge in [-0.1, -0.05) is 26.8 Å². The van der Waals surface area contributed by atoms with E-state index in [2.05, 4.69) is 43.6 Å². The molecule has 1 fully saturated rings. The molecule has 1 N–H and O–H groups in total. The van der Waals surface area contributed by atoms with Gasteiger partial charge in [-0.3, -0.25) is 0 Å². The lowest BCUT2D eigenvalue weighted by Crippen LogP contribution is -2.55. The standard InChI is InChI=1S/C13H21NS/c1-4-7-14-12-9-10(13(12,2)3)11-6-5-8-15-11/h5-6,8,10,12,14H,4,7,9H2,1-3H3. The highest BCUT2D eigenvalue weighted by Gasteiger charge is 2.48. The molecule has 0 saturated heterocycles. The van der Waals surface area contributed by atoms with Crippen molar-refractivity contribution in [2.45, 2.75) is 45.6 Å². The quantitative estimate of drug-likeness (QED) is 0.822. The van der Waals surface area contributed by atoms with E-state index >= 15 is 0 Å². The number of hydrogen-bond acceptors (Lipinski definition) is 2. The maximum Gasteiger partial charge on any atom is 0.0131 e. The van der Waals surface area contributed by atoms with Crippen LogP contribution in [0.3, 0.4) is 0 Å². The van der Waals surface area contributed by atoms with Gasteiger partial charge in [-0.2, -0.15) is 0 Å². The van der Waals surface area contributed by atoms with E-state index in [1.807, 2.05) is 11.3 Å². The Bertz CT molecular complexity index is 302. The van der Waals surface area contributed by atoms with Crippen molar-refractivity contribution in [3.05, 3.63) is 22.4 Å². The summed E-state index contributed by atoms with van der Waals surface area (Å²) in [4.78, 5) is 1.56. The Morgan fingerprint density at radius 2 is 2.33 bits per heavy atom. The van der Waals surface area contributed by atoms with E-state index in [0.29, 0.717) is 11.5 Å². The van der Waals surface area contributed by atoms with Crippen LogP contribution < -0.4 is 5.32 Å². The highest BCUT2D eigenvalue weighted by Crippen LogP contribution is 2.53. The normalized spacial score (nSPS) is 28.7. The zero-order valence-electron chi connectivity index (χ0n) is 9.92. The van der Waals surface area contributed by atoms with Crippen molar-refractivity contribution in [3.8, 4) is 0 Å². The van der Waals surface area contributed by atoms with Crippen molar-refractivity contribution in [2.24, 2.45) is 5.41 Å². The molecule has 0 aliphatic heterocycles. The van der Waals surface area contributed by atoms with E-state index in [1.165, 1.54) is 12.8 Å². The number of thiophene rings is 1. The van der Waals surface area contributed by atoms with Crippen molar-refractivity contribution in [1.29, 1.82) is 0 Å². The van der Waals surface area contributed by atoms with Gasteiger partial charge in [0.25, 0.3) is 0 Å². The Hall–Kier alpha value is -0.340. The molecule has 0 radical (unpaired) electrons. The first kappa shape index (κ1) is 11.2. The van der Waals surface area contributed by atoms with E-state index in [9.17, 15) is 0 Å². The summed E-state index contributed by atoms with van der Waals surface area (Å²) in [5.41, 5.74) is 0.431. The third-order valence-electron chi connectivity index (χ3n) is 3.79. The molecule has 1 aliphatic carbocycles. The summed E-state index contributed by atoms with van der Waals surface area (Å²) in [7, 11) is 0. The smallest absolute Gasteiger partial charge is 0.0131 e. The summed E-state index contributed by atoms with van der Waals surface area (Å²) in [5, 5.41) is 5.85. The summed E-state index contributed by atoms with van der Waals surface area (Å²) < 4.78 is 0.